The standard InChI is InChI=1S/C15H18ClNO2/c1-9-12(16)6-5-10-11(8-17(4)14(9)10)15(2,3)7-13(18)19/h5-6,8H,7H2,1-4H3,(H,18,19). The number of carboxylic acid groups (broad SMARTS) is 1. The van der Waals surface area contributed by atoms with Crippen LogP contribution in [0, 0.1) is 6.92 Å². The summed E-state index contributed by atoms with van der Waals surface area (Å²) < 4.78 is 2.02. The van der Waals surface area contributed by atoms with E-state index in [1.807, 2.05) is 50.7 Å². The molecule has 1 aromatic heterocycles. The van der Waals surface area contributed by atoms with E-state index in [4.69, 9.17) is 16.7 Å². The van der Waals surface area contributed by atoms with E-state index in [1.54, 1.807) is 0 Å². The molecule has 1 aromatic carbocycles. The zero-order valence-corrected chi connectivity index (χ0v) is 12.4. The number of halogens is 1. The Morgan fingerprint density at radius 3 is 2.63 bits per heavy atom. The normalized spacial score (nSPS) is 12.1. The molecule has 3 nitrogen and oxygen atoms in total. The van der Waals surface area contributed by atoms with Gasteiger partial charge in [-0.1, -0.05) is 31.5 Å². The maximum atomic E-state index is 11.0. The zero-order valence-electron chi connectivity index (χ0n) is 11.6. The fourth-order valence-electron chi connectivity index (χ4n) is 2.69. The van der Waals surface area contributed by atoms with Crippen molar-refractivity contribution in [3.63, 3.8) is 0 Å². The van der Waals surface area contributed by atoms with E-state index in [9.17, 15) is 4.79 Å². The van der Waals surface area contributed by atoms with Gasteiger partial charge in [-0.2, -0.15) is 0 Å². The lowest BCUT2D eigenvalue weighted by Gasteiger charge is -2.22. The van der Waals surface area contributed by atoms with Crippen molar-refractivity contribution in [1.82, 2.24) is 4.57 Å². The molecule has 0 fully saturated rings. The third-order valence-corrected chi connectivity index (χ3v) is 4.06. The van der Waals surface area contributed by atoms with Crippen LogP contribution < -0.4 is 0 Å². The summed E-state index contributed by atoms with van der Waals surface area (Å²) in [5.74, 6) is -0.785. The number of fused-ring (bicyclic) bond motifs is 1. The zero-order chi connectivity index (χ0) is 14.4. The largest absolute Gasteiger partial charge is 0.481 e. The molecule has 1 N–H and O–H groups in total. The van der Waals surface area contributed by atoms with Gasteiger partial charge in [-0.25, -0.2) is 0 Å². The first-order valence-corrected chi connectivity index (χ1v) is 6.58. The molecule has 2 aromatic rings. The van der Waals surface area contributed by atoms with Crippen LogP contribution in [0.3, 0.4) is 0 Å². The maximum absolute atomic E-state index is 11.0. The smallest absolute Gasteiger partial charge is 0.304 e. The quantitative estimate of drug-likeness (QED) is 0.926. The highest BCUT2D eigenvalue weighted by Gasteiger charge is 2.28. The number of aryl methyl sites for hydroxylation is 2. The minimum absolute atomic E-state index is 0.105. The van der Waals surface area contributed by atoms with Gasteiger partial charge in [0.1, 0.15) is 0 Å². The van der Waals surface area contributed by atoms with Gasteiger partial charge < -0.3 is 9.67 Å². The number of hydrogen-bond acceptors (Lipinski definition) is 1. The Bertz CT molecular complexity index is 656. The first kappa shape index (κ1) is 13.9. The van der Waals surface area contributed by atoms with Gasteiger partial charge >= 0.3 is 5.97 Å². The van der Waals surface area contributed by atoms with Crippen molar-refractivity contribution >= 4 is 28.5 Å². The highest BCUT2D eigenvalue weighted by molar-refractivity contribution is 6.32. The van der Waals surface area contributed by atoms with E-state index in [0.29, 0.717) is 0 Å². The van der Waals surface area contributed by atoms with E-state index < -0.39 is 11.4 Å². The number of carbonyl (C=O) groups is 1. The summed E-state index contributed by atoms with van der Waals surface area (Å²) in [4.78, 5) is 11.0. The second kappa shape index (κ2) is 4.57. The van der Waals surface area contributed by atoms with Crippen LogP contribution in [0.15, 0.2) is 18.3 Å². The van der Waals surface area contributed by atoms with Gasteiger partial charge in [-0.15, -0.1) is 0 Å². The third kappa shape index (κ3) is 2.35. The summed E-state index contributed by atoms with van der Waals surface area (Å²) in [5, 5.41) is 10.9. The summed E-state index contributed by atoms with van der Waals surface area (Å²) in [7, 11) is 1.96. The Morgan fingerprint density at radius 1 is 1.42 bits per heavy atom. The molecule has 0 aliphatic carbocycles. The number of benzene rings is 1. The third-order valence-electron chi connectivity index (χ3n) is 3.65. The Hall–Kier alpha value is -1.48. The Labute approximate surface area is 117 Å². The van der Waals surface area contributed by atoms with E-state index in [0.717, 1.165) is 27.1 Å². The number of carboxylic acids is 1. The molecule has 0 atom stereocenters. The topological polar surface area (TPSA) is 42.2 Å². The number of aliphatic carboxylic acids is 1. The molecule has 1 heterocycles. The van der Waals surface area contributed by atoms with E-state index in [-0.39, 0.29) is 6.42 Å². The molecule has 0 aliphatic heterocycles. The first-order valence-electron chi connectivity index (χ1n) is 6.20. The summed E-state index contributed by atoms with van der Waals surface area (Å²) in [6.45, 7) is 5.90. The Kier molecular flexibility index (Phi) is 3.35. The molecular formula is C15H18ClNO2. The van der Waals surface area contributed by atoms with Crippen LogP contribution >= 0.6 is 11.6 Å². The Morgan fingerprint density at radius 2 is 2.05 bits per heavy atom. The van der Waals surface area contributed by atoms with Gasteiger partial charge in [-0.3, -0.25) is 4.79 Å². The SMILES string of the molecule is Cc1c(Cl)ccc2c(C(C)(C)CC(=O)O)cn(C)c12. The van der Waals surface area contributed by atoms with Crippen molar-refractivity contribution in [2.45, 2.75) is 32.6 Å². The van der Waals surface area contributed by atoms with E-state index in [2.05, 4.69) is 0 Å². The number of nitrogens with zero attached hydrogens (tertiary/aromatic N) is 1. The lowest BCUT2D eigenvalue weighted by Crippen LogP contribution is -2.21. The van der Waals surface area contributed by atoms with E-state index >= 15 is 0 Å². The number of aromatic nitrogens is 1. The highest BCUT2D eigenvalue weighted by Crippen LogP contribution is 2.36. The van der Waals surface area contributed by atoms with Crippen molar-refractivity contribution in [1.29, 1.82) is 0 Å². The van der Waals surface area contributed by atoms with Crippen molar-refractivity contribution in [2.24, 2.45) is 7.05 Å². The van der Waals surface area contributed by atoms with Gasteiger partial charge in [-0.05, 0) is 24.1 Å². The van der Waals surface area contributed by atoms with Crippen LogP contribution in [0.5, 0.6) is 0 Å². The van der Waals surface area contributed by atoms with Crippen LogP contribution in [0.4, 0.5) is 0 Å². The van der Waals surface area contributed by atoms with Crippen molar-refractivity contribution in [2.75, 3.05) is 0 Å². The number of rotatable bonds is 3. The molecule has 4 heteroatoms. The van der Waals surface area contributed by atoms with Crippen LogP contribution in [-0.2, 0) is 17.3 Å². The monoisotopic (exact) mass is 279 g/mol. The molecule has 0 unspecified atom stereocenters. The summed E-state index contributed by atoms with van der Waals surface area (Å²) >= 11 is 6.16. The van der Waals surface area contributed by atoms with Crippen molar-refractivity contribution < 1.29 is 9.90 Å². The minimum atomic E-state index is -0.785. The summed E-state index contributed by atoms with van der Waals surface area (Å²) in [6.07, 6.45) is 2.12. The van der Waals surface area contributed by atoms with Gasteiger partial charge in [0.15, 0.2) is 0 Å². The molecule has 0 saturated carbocycles. The fourth-order valence-corrected chi connectivity index (χ4v) is 2.84. The van der Waals surface area contributed by atoms with Crippen LogP contribution in [-0.4, -0.2) is 15.6 Å². The van der Waals surface area contributed by atoms with Crippen molar-refractivity contribution in [3.8, 4) is 0 Å². The Balaban J connectivity index is 2.70. The molecule has 0 radical (unpaired) electrons. The second-order valence-corrected chi connectivity index (χ2v) is 6.08. The highest BCUT2D eigenvalue weighted by atomic mass is 35.5. The molecule has 0 bridgehead atoms. The van der Waals surface area contributed by atoms with Crippen LogP contribution in [0.25, 0.3) is 10.9 Å². The lowest BCUT2D eigenvalue weighted by molar-refractivity contribution is -0.138. The summed E-state index contributed by atoms with van der Waals surface area (Å²) in [5.41, 5.74) is 2.73. The molecule has 0 amide bonds. The van der Waals surface area contributed by atoms with Gasteiger partial charge in [0.25, 0.3) is 0 Å². The molecule has 19 heavy (non-hydrogen) atoms. The molecule has 2 rings (SSSR count). The van der Waals surface area contributed by atoms with Gasteiger partial charge in [0.2, 0.25) is 0 Å². The van der Waals surface area contributed by atoms with Crippen LogP contribution in [0.2, 0.25) is 5.02 Å². The number of hydrogen-bond donors (Lipinski definition) is 1. The molecule has 0 spiro atoms. The second-order valence-electron chi connectivity index (χ2n) is 5.68. The minimum Gasteiger partial charge on any atom is -0.481 e. The van der Waals surface area contributed by atoms with Crippen molar-refractivity contribution in [3.05, 3.63) is 34.5 Å². The molecule has 0 saturated heterocycles. The maximum Gasteiger partial charge on any atom is 0.304 e. The average Bonchev–Trinajstić information content (AvgIpc) is 2.61. The summed E-state index contributed by atoms with van der Waals surface area (Å²) in [6, 6.07) is 3.85. The average molecular weight is 280 g/mol. The van der Waals surface area contributed by atoms with E-state index in [1.165, 1.54) is 0 Å². The first-order chi connectivity index (χ1) is 8.74. The molecule has 0 aliphatic rings. The van der Waals surface area contributed by atoms with Crippen LogP contribution in [0.1, 0.15) is 31.4 Å². The molecule has 102 valence electrons. The van der Waals surface area contributed by atoms with Gasteiger partial charge in [0.05, 0.1) is 11.9 Å². The lowest BCUT2D eigenvalue weighted by atomic mass is 9.81. The predicted octanol–water partition coefficient (Wildman–Crippen LogP) is 3.89. The fraction of sp³-hybridized carbons (Fsp3) is 0.400. The van der Waals surface area contributed by atoms with Gasteiger partial charge in [0, 0.05) is 29.1 Å². The molecular weight excluding hydrogens is 262 g/mol. The predicted molar refractivity (Wildman–Crippen MR) is 77.9 cm³/mol.